The molecule has 3 aromatic rings. The number of H-pyrrole nitrogens is 1. The fourth-order valence-electron chi connectivity index (χ4n) is 3.49. The maximum atomic E-state index is 12.9. The number of benzene rings is 1. The van der Waals surface area contributed by atoms with Crippen molar-refractivity contribution in [3.8, 4) is 11.4 Å². The molecule has 0 aliphatic carbocycles. The van der Waals surface area contributed by atoms with Gasteiger partial charge < -0.3 is 9.47 Å². The van der Waals surface area contributed by atoms with Crippen LogP contribution in [-0.4, -0.2) is 42.3 Å². The number of hydrogen-bond acceptors (Lipinski definition) is 4. The molecule has 25 heavy (non-hydrogen) atoms. The van der Waals surface area contributed by atoms with E-state index in [0.717, 1.165) is 28.6 Å². The Morgan fingerprint density at radius 2 is 1.96 bits per heavy atom. The summed E-state index contributed by atoms with van der Waals surface area (Å²) in [6.07, 6.45) is 0. The molecule has 0 spiro atoms. The van der Waals surface area contributed by atoms with Gasteiger partial charge in [-0.1, -0.05) is 30.3 Å². The lowest BCUT2D eigenvalue weighted by molar-refractivity contribution is 0.0680. The summed E-state index contributed by atoms with van der Waals surface area (Å²) in [7, 11) is 0. The summed E-state index contributed by atoms with van der Waals surface area (Å²) in [5, 5.41) is 15.7. The summed E-state index contributed by atoms with van der Waals surface area (Å²) in [5.74, 6) is 1.65. The van der Waals surface area contributed by atoms with Crippen LogP contribution >= 0.6 is 0 Å². The highest BCUT2D eigenvalue weighted by molar-refractivity contribution is 5.96. The SMILES string of the molecule is Cc1n[nH]c(C)c1C(=O)N1Cc2nnc(-c3ccccc3)n2[C@@H](C)C1. The van der Waals surface area contributed by atoms with Crippen molar-refractivity contribution in [1.29, 1.82) is 0 Å². The molecule has 1 aliphatic heterocycles. The van der Waals surface area contributed by atoms with Crippen LogP contribution < -0.4 is 0 Å². The van der Waals surface area contributed by atoms with Crippen molar-refractivity contribution < 1.29 is 4.79 Å². The fraction of sp³-hybridized carbons (Fsp3) is 0.333. The molecular weight excluding hydrogens is 316 g/mol. The van der Waals surface area contributed by atoms with Crippen molar-refractivity contribution in [2.45, 2.75) is 33.4 Å². The van der Waals surface area contributed by atoms with Crippen molar-refractivity contribution in [2.75, 3.05) is 6.54 Å². The molecule has 128 valence electrons. The summed E-state index contributed by atoms with van der Waals surface area (Å²) in [6.45, 7) is 6.88. The van der Waals surface area contributed by atoms with Crippen LogP contribution in [0.5, 0.6) is 0 Å². The van der Waals surface area contributed by atoms with Gasteiger partial charge in [0, 0.05) is 17.8 Å². The van der Waals surface area contributed by atoms with E-state index in [0.29, 0.717) is 18.7 Å². The van der Waals surface area contributed by atoms with Gasteiger partial charge in [-0.15, -0.1) is 10.2 Å². The van der Waals surface area contributed by atoms with Crippen LogP contribution in [-0.2, 0) is 6.54 Å². The lowest BCUT2D eigenvalue weighted by Crippen LogP contribution is -2.40. The zero-order valence-electron chi connectivity index (χ0n) is 14.5. The Bertz CT molecular complexity index is 907. The molecule has 1 aromatic carbocycles. The minimum absolute atomic E-state index is 0.00823. The standard InChI is InChI=1S/C18H20N6O/c1-11-9-23(18(25)16-12(2)19-20-13(16)3)10-15-21-22-17(24(11)15)14-7-5-4-6-8-14/h4-8,11H,9-10H2,1-3H3,(H,19,20)/t11-/m0/s1. The van der Waals surface area contributed by atoms with Gasteiger partial charge in [-0.25, -0.2) is 0 Å². The first-order valence-corrected chi connectivity index (χ1v) is 8.36. The lowest BCUT2D eigenvalue weighted by Gasteiger charge is -2.32. The highest BCUT2D eigenvalue weighted by Crippen LogP contribution is 2.28. The van der Waals surface area contributed by atoms with Crippen LogP contribution in [0.4, 0.5) is 0 Å². The van der Waals surface area contributed by atoms with Gasteiger partial charge in [0.05, 0.1) is 23.8 Å². The molecule has 0 radical (unpaired) electrons. The topological polar surface area (TPSA) is 79.7 Å². The lowest BCUT2D eigenvalue weighted by atomic mass is 10.1. The molecule has 4 rings (SSSR count). The Kier molecular flexibility index (Phi) is 3.63. The van der Waals surface area contributed by atoms with E-state index < -0.39 is 0 Å². The van der Waals surface area contributed by atoms with E-state index in [2.05, 4.69) is 31.9 Å². The largest absolute Gasteiger partial charge is 0.329 e. The Hall–Kier alpha value is -2.96. The molecule has 0 bridgehead atoms. The Balaban J connectivity index is 1.67. The van der Waals surface area contributed by atoms with E-state index in [4.69, 9.17) is 0 Å². The predicted molar refractivity (Wildman–Crippen MR) is 93.0 cm³/mol. The quantitative estimate of drug-likeness (QED) is 0.780. The van der Waals surface area contributed by atoms with E-state index in [1.165, 1.54) is 0 Å². The number of aryl methyl sites for hydroxylation is 2. The van der Waals surface area contributed by atoms with Crippen LogP contribution in [0.1, 0.15) is 40.5 Å². The Labute approximate surface area is 145 Å². The van der Waals surface area contributed by atoms with E-state index in [9.17, 15) is 4.79 Å². The van der Waals surface area contributed by atoms with E-state index in [1.54, 1.807) is 0 Å². The van der Waals surface area contributed by atoms with Crippen LogP contribution in [0.2, 0.25) is 0 Å². The molecule has 7 heteroatoms. The smallest absolute Gasteiger partial charge is 0.258 e. The van der Waals surface area contributed by atoms with Gasteiger partial charge in [-0.05, 0) is 20.8 Å². The second-order valence-corrected chi connectivity index (χ2v) is 6.52. The fourth-order valence-corrected chi connectivity index (χ4v) is 3.49. The van der Waals surface area contributed by atoms with Crippen molar-refractivity contribution >= 4 is 5.91 Å². The van der Waals surface area contributed by atoms with Crippen LogP contribution in [0.15, 0.2) is 30.3 Å². The number of nitrogens with zero attached hydrogens (tertiary/aromatic N) is 5. The summed E-state index contributed by atoms with van der Waals surface area (Å²) in [6, 6.07) is 10.1. The zero-order valence-corrected chi connectivity index (χ0v) is 14.5. The van der Waals surface area contributed by atoms with E-state index >= 15 is 0 Å². The van der Waals surface area contributed by atoms with Crippen molar-refractivity contribution in [1.82, 2.24) is 29.9 Å². The number of carbonyl (C=O) groups excluding carboxylic acids is 1. The number of rotatable bonds is 2. The minimum atomic E-state index is -0.00823. The average molecular weight is 336 g/mol. The molecule has 0 unspecified atom stereocenters. The zero-order chi connectivity index (χ0) is 17.6. The number of carbonyl (C=O) groups is 1. The third-order valence-electron chi connectivity index (χ3n) is 4.69. The normalized spacial score (nSPS) is 16.8. The van der Waals surface area contributed by atoms with Crippen LogP contribution in [0, 0.1) is 13.8 Å². The molecule has 0 saturated heterocycles. The number of hydrogen-bond donors (Lipinski definition) is 1. The molecule has 2 aromatic heterocycles. The number of nitrogens with one attached hydrogen (secondary N) is 1. The Morgan fingerprint density at radius 3 is 2.64 bits per heavy atom. The summed E-state index contributed by atoms with van der Waals surface area (Å²) < 4.78 is 2.13. The first-order valence-electron chi connectivity index (χ1n) is 8.36. The van der Waals surface area contributed by atoms with Gasteiger partial charge in [0.15, 0.2) is 11.6 Å². The third-order valence-corrected chi connectivity index (χ3v) is 4.69. The number of fused-ring (bicyclic) bond motifs is 1. The molecule has 1 aliphatic rings. The number of aromatic amines is 1. The van der Waals surface area contributed by atoms with E-state index in [-0.39, 0.29) is 11.9 Å². The second kappa shape index (κ2) is 5.84. The molecule has 1 atom stereocenters. The Morgan fingerprint density at radius 1 is 1.20 bits per heavy atom. The molecule has 7 nitrogen and oxygen atoms in total. The molecule has 0 fully saturated rings. The molecular formula is C18H20N6O. The minimum Gasteiger partial charge on any atom is -0.329 e. The second-order valence-electron chi connectivity index (χ2n) is 6.52. The maximum absolute atomic E-state index is 12.9. The van der Waals surface area contributed by atoms with Gasteiger partial charge in [0.25, 0.3) is 5.91 Å². The first kappa shape index (κ1) is 15.6. The van der Waals surface area contributed by atoms with Gasteiger partial charge in [-0.2, -0.15) is 5.10 Å². The van der Waals surface area contributed by atoms with Gasteiger partial charge >= 0.3 is 0 Å². The van der Waals surface area contributed by atoms with Crippen LogP contribution in [0.25, 0.3) is 11.4 Å². The summed E-state index contributed by atoms with van der Waals surface area (Å²) in [4.78, 5) is 14.8. The predicted octanol–water partition coefficient (Wildman–Crippen LogP) is 2.50. The molecule has 1 amide bonds. The summed E-state index contributed by atoms with van der Waals surface area (Å²) >= 11 is 0. The molecule has 3 heterocycles. The number of amides is 1. The van der Waals surface area contributed by atoms with Crippen LogP contribution in [0.3, 0.4) is 0 Å². The maximum Gasteiger partial charge on any atom is 0.258 e. The average Bonchev–Trinajstić information content (AvgIpc) is 3.19. The monoisotopic (exact) mass is 336 g/mol. The van der Waals surface area contributed by atoms with Crippen molar-refractivity contribution in [3.63, 3.8) is 0 Å². The van der Waals surface area contributed by atoms with Gasteiger partial charge in [0.1, 0.15) is 0 Å². The summed E-state index contributed by atoms with van der Waals surface area (Å²) in [5.41, 5.74) is 3.22. The van der Waals surface area contributed by atoms with Crippen molar-refractivity contribution in [3.05, 3.63) is 53.1 Å². The molecule has 1 N–H and O–H groups in total. The highest BCUT2D eigenvalue weighted by atomic mass is 16.2. The number of aromatic nitrogens is 5. The van der Waals surface area contributed by atoms with Gasteiger partial charge in [0.2, 0.25) is 0 Å². The first-order chi connectivity index (χ1) is 12.1. The van der Waals surface area contributed by atoms with Crippen molar-refractivity contribution in [2.24, 2.45) is 0 Å². The highest BCUT2D eigenvalue weighted by Gasteiger charge is 2.31. The van der Waals surface area contributed by atoms with E-state index in [1.807, 2.05) is 49.1 Å². The molecule has 0 saturated carbocycles. The van der Waals surface area contributed by atoms with Gasteiger partial charge in [-0.3, -0.25) is 9.89 Å². The third kappa shape index (κ3) is 2.52.